The molecular weight excluding hydrogens is 401 g/mol. The number of carbonyl (C=O) groups is 1. The number of alkyl halides is 3. The van der Waals surface area contributed by atoms with Crippen molar-refractivity contribution in [1.29, 1.82) is 0 Å². The molecule has 0 aliphatic carbocycles. The molecule has 3 aromatic rings. The molecule has 0 spiro atoms. The number of nitrogens with two attached hydrogens (primary N) is 1. The number of para-hydroxylation sites is 1. The van der Waals surface area contributed by atoms with Gasteiger partial charge in [0.05, 0.1) is 31.8 Å². The smallest absolute Gasteiger partial charge is 0.397 e. The van der Waals surface area contributed by atoms with E-state index < -0.39 is 17.8 Å². The van der Waals surface area contributed by atoms with Crippen molar-refractivity contribution in [3.05, 3.63) is 52.0 Å². The van der Waals surface area contributed by atoms with Crippen molar-refractivity contribution in [2.45, 2.75) is 19.6 Å². The minimum atomic E-state index is -4.56. The van der Waals surface area contributed by atoms with Crippen LogP contribution in [0.15, 0.2) is 36.4 Å². The maximum atomic E-state index is 13.0. The second-order valence-electron chi connectivity index (χ2n) is 5.56. The molecule has 0 fully saturated rings. The predicted molar refractivity (Wildman–Crippen MR) is 100 cm³/mol. The van der Waals surface area contributed by atoms with E-state index in [2.05, 4.69) is 10.4 Å². The molecule has 0 saturated heterocycles. The maximum absolute atomic E-state index is 13.0. The third-order valence-electron chi connectivity index (χ3n) is 3.71. The highest BCUT2D eigenvalue weighted by Crippen LogP contribution is 2.38. The fourth-order valence-corrected chi connectivity index (χ4v) is 3.62. The summed E-state index contributed by atoms with van der Waals surface area (Å²) in [5, 5.41) is 6.60. The summed E-state index contributed by atoms with van der Waals surface area (Å²) in [4.78, 5) is 13.1. The number of benzene rings is 1. The summed E-state index contributed by atoms with van der Waals surface area (Å²) < 4.78 is 40.1. The molecule has 1 amide bonds. The number of hydrogen-bond donors (Lipinski definition) is 2. The van der Waals surface area contributed by atoms with E-state index in [0.29, 0.717) is 15.6 Å². The van der Waals surface area contributed by atoms with Gasteiger partial charge in [0.15, 0.2) is 5.69 Å². The molecule has 142 valence electrons. The molecule has 0 aliphatic rings. The van der Waals surface area contributed by atoms with E-state index in [1.807, 2.05) is 0 Å². The summed E-state index contributed by atoms with van der Waals surface area (Å²) in [6.07, 6.45) is -4.56. The van der Waals surface area contributed by atoms with Gasteiger partial charge in [-0.25, -0.2) is 0 Å². The van der Waals surface area contributed by atoms with Crippen LogP contribution in [0.1, 0.15) is 22.3 Å². The highest BCUT2D eigenvalue weighted by Gasteiger charge is 2.35. The first-order chi connectivity index (χ1) is 12.7. The average molecular weight is 415 g/mol. The monoisotopic (exact) mass is 414 g/mol. The van der Waals surface area contributed by atoms with Crippen LogP contribution in [0.4, 0.5) is 24.5 Å². The highest BCUT2D eigenvalue weighted by atomic mass is 35.5. The van der Waals surface area contributed by atoms with Crippen molar-refractivity contribution in [3.8, 4) is 10.6 Å². The van der Waals surface area contributed by atoms with Gasteiger partial charge in [-0.05, 0) is 31.2 Å². The van der Waals surface area contributed by atoms with Gasteiger partial charge in [-0.3, -0.25) is 9.48 Å². The number of nitrogen functional groups attached to an aromatic ring is 1. The van der Waals surface area contributed by atoms with E-state index in [1.165, 1.54) is 10.7 Å². The van der Waals surface area contributed by atoms with Crippen LogP contribution in [0.25, 0.3) is 10.6 Å². The van der Waals surface area contributed by atoms with Gasteiger partial charge in [-0.1, -0.05) is 23.7 Å². The van der Waals surface area contributed by atoms with E-state index in [0.717, 1.165) is 17.4 Å². The summed E-state index contributed by atoms with van der Waals surface area (Å²) in [5.74, 6) is -0.454. The first kappa shape index (κ1) is 19.2. The van der Waals surface area contributed by atoms with Crippen LogP contribution in [0.3, 0.4) is 0 Å². The Morgan fingerprint density at radius 1 is 1.33 bits per heavy atom. The van der Waals surface area contributed by atoms with E-state index in [1.54, 1.807) is 31.2 Å². The van der Waals surface area contributed by atoms with Gasteiger partial charge in [-0.2, -0.15) is 18.3 Å². The van der Waals surface area contributed by atoms with Gasteiger partial charge in [-0.15, -0.1) is 11.3 Å². The third-order valence-corrected chi connectivity index (χ3v) is 5.21. The number of hydrogen-bond acceptors (Lipinski definition) is 4. The summed E-state index contributed by atoms with van der Waals surface area (Å²) in [6.45, 7) is 1.90. The second kappa shape index (κ2) is 7.24. The normalized spacial score (nSPS) is 11.6. The topological polar surface area (TPSA) is 72.9 Å². The minimum Gasteiger partial charge on any atom is -0.397 e. The Morgan fingerprint density at radius 3 is 2.67 bits per heavy atom. The molecule has 5 nitrogen and oxygen atoms in total. The van der Waals surface area contributed by atoms with E-state index in [4.69, 9.17) is 17.3 Å². The molecule has 1 aromatic carbocycles. The predicted octanol–water partition coefficient (Wildman–Crippen LogP) is 5.14. The zero-order chi connectivity index (χ0) is 19.8. The molecule has 3 rings (SSSR count). The molecular formula is C17H14ClF3N4OS. The number of amides is 1. The lowest BCUT2D eigenvalue weighted by Gasteiger charge is -2.05. The lowest BCUT2D eigenvalue weighted by atomic mass is 10.2. The van der Waals surface area contributed by atoms with E-state index in [-0.39, 0.29) is 22.8 Å². The Balaban J connectivity index is 1.94. The van der Waals surface area contributed by atoms with Gasteiger partial charge in [0, 0.05) is 6.54 Å². The van der Waals surface area contributed by atoms with Crippen LogP contribution in [0.2, 0.25) is 5.02 Å². The van der Waals surface area contributed by atoms with Crippen molar-refractivity contribution in [3.63, 3.8) is 0 Å². The van der Waals surface area contributed by atoms with E-state index >= 15 is 0 Å². The van der Waals surface area contributed by atoms with Gasteiger partial charge in [0.1, 0.15) is 0 Å². The Hall–Kier alpha value is -2.52. The summed E-state index contributed by atoms with van der Waals surface area (Å²) in [5.41, 5.74) is 5.79. The van der Waals surface area contributed by atoms with Gasteiger partial charge in [0.2, 0.25) is 0 Å². The highest BCUT2D eigenvalue weighted by molar-refractivity contribution is 7.18. The van der Waals surface area contributed by atoms with Crippen molar-refractivity contribution >= 4 is 40.2 Å². The third kappa shape index (κ3) is 3.93. The summed E-state index contributed by atoms with van der Waals surface area (Å²) >= 11 is 7.01. The Bertz CT molecular complexity index is 996. The first-order valence-corrected chi connectivity index (χ1v) is 9.00. The zero-order valence-corrected chi connectivity index (χ0v) is 15.5. The molecule has 27 heavy (non-hydrogen) atoms. The average Bonchev–Trinajstić information content (AvgIpc) is 3.19. The van der Waals surface area contributed by atoms with E-state index in [9.17, 15) is 18.0 Å². The largest absolute Gasteiger partial charge is 0.435 e. The molecule has 0 bridgehead atoms. The van der Waals surface area contributed by atoms with Crippen molar-refractivity contribution in [2.75, 3.05) is 11.1 Å². The number of aromatic nitrogens is 2. The fourth-order valence-electron chi connectivity index (χ4n) is 2.44. The SMILES string of the molecule is CCn1nc(C(F)(F)F)cc1-c1sc(C(=O)Nc2ccccc2Cl)cc1N. The van der Waals surface area contributed by atoms with Gasteiger partial charge < -0.3 is 11.1 Å². The van der Waals surface area contributed by atoms with Crippen molar-refractivity contribution in [1.82, 2.24) is 9.78 Å². The molecule has 0 atom stereocenters. The quantitative estimate of drug-likeness (QED) is 0.621. The Morgan fingerprint density at radius 2 is 2.04 bits per heavy atom. The Labute approximate surface area is 161 Å². The lowest BCUT2D eigenvalue weighted by molar-refractivity contribution is -0.141. The molecule has 2 aromatic heterocycles. The number of aryl methyl sites for hydroxylation is 1. The van der Waals surface area contributed by atoms with Crippen molar-refractivity contribution < 1.29 is 18.0 Å². The number of thiophene rings is 1. The van der Waals surface area contributed by atoms with Crippen LogP contribution in [0, 0.1) is 0 Å². The summed E-state index contributed by atoms with van der Waals surface area (Å²) in [6, 6.07) is 9.06. The van der Waals surface area contributed by atoms with Crippen LogP contribution in [-0.2, 0) is 12.7 Å². The number of carbonyl (C=O) groups excluding carboxylic acids is 1. The molecule has 2 heterocycles. The van der Waals surface area contributed by atoms with Crippen LogP contribution in [0.5, 0.6) is 0 Å². The van der Waals surface area contributed by atoms with Gasteiger partial charge in [0.25, 0.3) is 5.91 Å². The standard InChI is InChI=1S/C17H14ClF3N4OS/c1-2-25-12(8-14(24-25)17(19,20)21)15-10(22)7-13(27-15)16(26)23-11-6-4-3-5-9(11)18/h3-8H,2,22H2,1H3,(H,23,26). The van der Waals surface area contributed by atoms with Crippen LogP contribution >= 0.6 is 22.9 Å². The molecule has 0 aliphatic heterocycles. The number of halogens is 4. The number of nitrogens with zero attached hydrogens (tertiary/aromatic N) is 2. The molecule has 0 unspecified atom stereocenters. The molecule has 0 radical (unpaired) electrons. The van der Waals surface area contributed by atoms with Gasteiger partial charge >= 0.3 is 6.18 Å². The number of anilines is 2. The molecule has 0 saturated carbocycles. The maximum Gasteiger partial charge on any atom is 0.435 e. The minimum absolute atomic E-state index is 0.202. The zero-order valence-electron chi connectivity index (χ0n) is 14.0. The summed E-state index contributed by atoms with van der Waals surface area (Å²) in [7, 11) is 0. The van der Waals surface area contributed by atoms with Crippen LogP contribution < -0.4 is 11.1 Å². The van der Waals surface area contributed by atoms with Crippen LogP contribution in [-0.4, -0.2) is 15.7 Å². The number of nitrogens with one attached hydrogen (secondary N) is 1. The fraction of sp³-hybridized carbons (Fsp3) is 0.176. The molecule has 10 heteroatoms. The number of rotatable bonds is 4. The van der Waals surface area contributed by atoms with Crippen molar-refractivity contribution in [2.24, 2.45) is 0 Å². The lowest BCUT2D eigenvalue weighted by Crippen LogP contribution is -2.10. The first-order valence-electron chi connectivity index (χ1n) is 7.81. The second-order valence-corrected chi connectivity index (χ2v) is 7.02. The molecule has 3 N–H and O–H groups in total. The Kier molecular flexibility index (Phi) is 5.16.